The lowest BCUT2D eigenvalue weighted by molar-refractivity contribution is -0.113. The molecule has 2 heteroatoms. The fourth-order valence-corrected chi connectivity index (χ4v) is 0.594. The Hall–Kier alpha value is -1.93. The zero-order chi connectivity index (χ0) is 9.94. The molecule has 0 radical (unpaired) electrons. The van der Waals surface area contributed by atoms with Crippen LogP contribution in [0.2, 0.25) is 0 Å². The van der Waals surface area contributed by atoms with Crippen molar-refractivity contribution < 1.29 is 4.79 Å². The molecule has 0 spiro atoms. The first-order valence-corrected chi connectivity index (χ1v) is 3.83. The Bertz CT molecular complexity index is 307. The highest BCUT2D eigenvalue weighted by atomic mass is 16.1. The van der Waals surface area contributed by atoms with Crippen molar-refractivity contribution >= 4 is 5.91 Å². The predicted octanol–water partition coefficient (Wildman–Crippen LogP) is 1.00. The van der Waals surface area contributed by atoms with E-state index in [0.29, 0.717) is 0 Å². The number of allylic oxidation sites excluding steroid dienone is 3. The standard InChI is InChI=1S/C11H11NO/c1-2-3-4-5-6-7-8-9-10-11(12)13/h1,7-10H,5-6H2,(H2,12,13). The molecule has 0 unspecified atom stereocenters. The molecule has 0 saturated carbocycles. The van der Waals surface area contributed by atoms with Crippen LogP contribution >= 0.6 is 0 Å². The quantitative estimate of drug-likeness (QED) is 0.293. The molecule has 0 atom stereocenters. The molecule has 2 nitrogen and oxygen atoms in total. The molecule has 2 N–H and O–H groups in total. The van der Waals surface area contributed by atoms with Crippen molar-refractivity contribution in [3.8, 4) is 24.2 Å². The van der Waals surface area contributed by atoms with Gasteiger partial charge in [-0.25, -0.2) is 0 Å². The number of rotatable bonds is 4. The van der Waals surface area contributed by atoms with Gasteiger partial charge in [0.15, 0.2) is 0 Å². The fraction of sp³-hybridized carbons (Fsp3) is 0.182. The van der Waals surface area contributed by atoms with Crippen LogP contribution in [0, 0.1) is 24.2 Å². The molecular formula is C11H11NO. The Labute approximate surface area is 78.5 Å². The highest BCUT2D eigenvalue weighted by Crippen LogP contribution is 1.89. The molecule has 1 amide bonds. The smallest absolute Gasteiger partial charge is 0.241 e. The summed E-state index contributed by atoms with van der Waals surface area (Å²) in [5.74, 6) is 7.07. The predicted molar refractivity (Wildman–Crippen MR) is 53.3 cm³/mol. The summed E-state index contributed by atoms with van der Waals surface area (Å²) in [6.07, 6.45) is 13.0. The van der Waals surface area contributed by atoms with E-state index in [9.17, 15) is 4.79 Å². The summed E-state index contributed by atoms with van der Waals surface area (Å²) < 4.78 is 0. The van der Waals surface area contributed by atoms with Gasteiger partial charge in [-0.15, -0.1) is 6.42 Å². The van der Waals surface area contributed by atoms with Crippen molar-refractivity contribution in [3.05, 3.63) is 24.3 Å². The van der Waals surface area contributed by atoms with E-state index in [-0.39, 0.29) is 0 Å². The summed E-state index contributed by atoms with van der Waals surface area (Å²) in [6.45, 7) is 0. The summed E-state index contributed by atoms with van der Waals surface area (Å²) in [6, 6.07) is 0. The van der Waals surface area contributed by atoms with E-state index in [1.165, 1.54) is 6.08 Å². The van der Waals surface area contributed by atoms with E-state index in [1.807, 2.05) is 6.08 Å². The van der Waals surface area contributed by atoms with Crippen LogP contribution in [0.15, 0.2) is 24.3 Å². The van der Waals surface area contributed by atoms with Crippen LogP contribution in [0.1, 0.15) is 12.8 Å². The van der Waals surface area contributed by atoms with E-state index in [0.717, 1.165) is 12.8 Å². The van der Waals surface area contributed by atoms with E-state index < -0.39 is 5.91 Å². The van der Waals surface area contributed by atoms with Crippen molar-refractivity contribution in [2.24, 2.45) is 5.73 Å². The number of hydrogen-bond donors (Lipinski definition) is 1. The number of nitrogens with two attached hydrogens (primary N) is 1. The number of amides is 1. The number of terminal acetylenes is 1. The molecular weight excluding hydrogens is 162 g/mol. The highest BCUT2D eigenvalue weighted by molar-refractivity contribution is 5.85. The molecule has 0 aromatic carbocycles. The third-order valence-electron chi connectivity index (χ3n) is 1.10. The maximum atomic E-state index is 10.2. The third kappa shape index (κ3) is 10.1. The summed E-state index contributed by atoms with van der Waals surface area (Å²) in [7, 11) is 0. The Balaban J connectivity index is 3.54. The number of unbranched alkanes of at least 4 members (excludes halogenated alkanes) is 1. The van der Waals surface area contributed by atoms with E-state index in [1.54, 1.807) is 12.2 Å². The molecule has 0 aliphatic rings. The van der Waals surface area contributed by atoms with Crippen molar-refractivity contribution in [1.82, 2.24) is 0 Å². The van der Waals surface area contributed by atoms with Crippen LogP contribution in [-0.2, 0) is 4.79 Å². The maximum Gasteiger partial charge on any atom is 0.241 e. The summed E-state index contributed by atoms with van der Waals surface area (Å²) in [4.78, 5) is 10.2. The first-order valence-electron chi connectivity index (χ1n) is 3.83. The normalized spacial score (nSPS) is 9.46. The Morgan fingerprint density at radius 2 is 2.23 bits per heavy atom. The SMILES string of the molecule is C#CC#CCCC=CC=CC(N)=O. The maximum absolute atomic E-state index is 10.2. The van der Waals surface area contributed by atoms with Gasteiger partial charge in [0.25, 0.3) is 0 Å². The molecule has 0 saturated heterocycles. The van der Waals surface area contributed by atoms with Crippen molar-refractivity contribution in [1.29, 1.82) is 0 Å². The Kier molecular flexibility index (Phi) is 6.96. The highest BCUT2D eigenvalue weighted by Gasteiger charge is 1.77. The number of carbonyl (C=O) groups is 1. The Morgan fingerprint density at radius 1 is 1.46 bits per heavy atom. The zero-order valence-electron chi connectivity index (χ0n) is 7.29. The molecule has 0 aromatic heterocycles. The van der Waals surface area contributed by atoms with Gasteiger partial charge in [0, 0.05) is 12.5 Å². The molecule has 0 aliphatic carbocycles. The topological polar surface area (TPSA) is 43.1 Å². The van der Waals surface area contributed by atoms with E-state index in [4.69, 9.17) is 12.2 Å². The minimum absolute atomic E-state index is 0.447. The molecule has 0 fully saturated rings. The van der Waals surface area contributed by atoms with Gasteiger partial charge in [0.2, 0.25) is 5.91 Å². The van der Waals surface area contributed by atoms with Gasteiger partial charge in [-0.3, -0.25) is 4.79 Å². The average Bonchev–Trinajstić information content (AvgIpc) is 2.09. The van der Waals surface area contributed by atoms with Crippen LogP contribution in [-0.4, -0.2) is 5.91 Å². The van der Waals surface area contributed by atoms with Crippen LogP contribution in [0.5, 0.6) is 0 Å². The fourth-order valence-electron chi connectivity index (χ4n) is 0.594. The van der Waals surface area contributed by atoms with Crippen LogP contribution in [0.4, 0.5) is 0 Å². The molecule has 0 heterocycles. The zero-order valence-corrected chi connectivity index (χ0v) is 7.29. The first kappa shape index (κ1) is 11.1. The van der Waals surface area contributed by atoms with Crippen LogP contribution in [0.25, 0.3) is 0 Å². The first-order chi connectivity index (χ1) is 6.27. The third-order valence-corrected chi connectivity index (χ3v) is 1.10. The lowest BCUT2D eigenvalue weighted by Gasteiger charge is -1.80. The van der Waals surface area contributed by atoms with Crippen LogP contribution < -0.4 is 5.73 Å². The number of primary amides is 1. The molecule has 0 aliphatic heterocycles. The lowest BCUT2D eigenvalue weighted by Crippen LogP contribution is -2.04. The van der Waals surface area contributed by atoms with Gasteiger partial charge < -0.3 is 5.73 Å². The van der Waals surface area contributed by atoms with Crippen LogP contribution in [0.3, 0.4) is 0 Å². The summed E-state index contributed by atoms with van der Waals surface area (Å²) in [5, 5.41) is 0. The van der Waals surface area contributed by atoms with Gasteiger partial charge in [-0.2, -0.15) is 0 Å². The monoisotopic (exact) mass is 173 g/mol. The molecule has 66 valence electrons. The van der Waals surface area contributed by atoms with Crippen molar-refractivity contribution in [2.75, 3.05) is 0 Å². The van der Waals surface area contributed by atoms with Crippen molar-refractivity contribution in [3.63, 3.8) is 0 Å². The second-order valence-corrected chi connectivity index (χ2v) is 2.17. The van der Waals surface area contributed by atoms with Gasteiger partial charge in [0.1, 0.15) is 0 Å². The van der Waals surface area contributed by atoms with Gasteiger partial charge in [-0.1, -0.05) is 24.1 Å². The van der Waals surface area contributed by atoms with Gasteiger partial charge >= 0.3 is 0 Å². The van der Waals surface area contributed by atoms with E-state index >= 15 is 0 Å². The molecule has 0 aromatic rings. The summed E-state index contributed by atoms with van der Waals surface area (Å²) >= 11 is 0. The summed E-state index contributed by atoms with van der Waals surface area (Å²) in [5.41, 5.74) is 4.87. The minimum atomic E-state index is -0.447. The molecule has 0 bridgehead atoms. The molecule has 0 rings (SSSR count). The Morgan fingerprint density at radius 3 is 2.85 bits per heavy atom. The number of hydrogen-bond acceptors (Lipinski definition) is 1. The molecule has 13 heavy (non-hydrogen) atoms. The van der Waals surface area contributed by atoms with E-state index in [2.05, 4.69) is 17.8 Å². The minimum Gasteiger partial charge on any atom is -0.366 e. The van der Waals surface area contributed by atoms with Crippen molar-refractivity contribution in [2.45, 2.75) is 12.8 Å². The largest absolute Gasteiger partial charge is 0.366 e. The number of carbonyl (C=O) groups excluding carboxylic acids is 1. The second kappa shape index (κ2) is 8.17. The average molecular weight is 173 g/mol. The van der Waals surface area contributed by atoms with Gasteiger partial charge in [-0.05, 0) is 18.3 Å². The van der Waals surface area contributed by atoms with Gasteiger partial charge in [0.05, 0.1) is 0 Å². The lowest BCUT2D eigenvalue weighted by atomic mass is 10.3. The second-order valence-electron chi connectivity index (χ2n) is 2.17.